The van der Waals surface area contributed by atoms with Crippen molar-refractivity contribution in [1.82, 2.24) is 15.2 Å². The van der Waals surface area contributed by atoms with Crippen LogP contribution in [0.15, 0.2) is 41.7 Å². The molecule has 0 fully saturated rings. The Hall–Kier alpha value is -1.64. The minimum atomic E-state index is -0.428. The molecule has 7 heteroatoms. The highest BCUT2D eigenvalue weighted by atomic mass is 127. The Kier molecular flexibility index (Phi) is 8.01. The quantitative estimate of drug-likeness (QED) is 0.432. The van der Waals surface area contributed by atoms with Crippen molar-refractivity contribution in [2.75, 3.05) is 13.6 Å². The van der Waals surface area contributed by atoms with Gasteiger partial charge in [-0.25, -0.2) is 8.78 Å². The van der Waals surface area contributed by atoms with E-state index in [2.05, 4.69) is 15.6 Å². The first-order valence-corrected chi connectivity index (χ1v) is 7.08. The molecule has 4 nitrogen and oxygen atoms in total. The number of aryl methyl sites for hydroxylation is 1. The molecule has 2 N–H and O–H groups in total. The fourth-order valence-electron chi connectivity index (χ4n) is 2.12. The summed E-state index contributed by atoms with van der Waals surface area (Å²) in [5, 5.41) is 6.25. The Morgan fingerprint density at radius 1 is 1.22 bits per heavy atom. The normalized spacial score (nSPS) is 11.0. The van der Waals surface area contributed by atoms with Crippen LogP contribution < -0.4 is 10.6 Å². The Balaban J connectivity index is 0.00000264. The molecular formula is C16H21F2IN4. The van der Waals surface area contributed by atoms with Crippen molar-refractivity contribution in [3.8, 4) is 0 Å². The fraction of sp³-hybridized carbons (Fsp3) is 0.312. The van der Waals surface area contributed by atoms with E-state index >= 15 is 0 Å². The molecule has 0 spiro atoms. The molecule has 1 heterocycles. The standard InChI is InChI=1S/C16H20F2N4.HI/c1-19-16(21-10-12-6-8-22(2)11-12)20-7-5-13-9-14(17)3-4-15(13)18;/h3-4,6,8-9,11H,5,7,10H2,1-2H3,(H2,19,20,21);1H. The largest absolute Gasteiger partial charge is 0.357 e. The second-order valence-electron chi connectivity index (χ2n) is 5.02. The molecule has 0 atom stereocenters. The van der Waals surface area contributed by atoms with Crippen molar-refractivity contribution in [1.29, 1.82) is 0 Å². The van der Waals surface area contributed by atoms with Gasteiger partial charge in [-0.3, -0.25) is 4.99 Å². The number of hydrogen-bond donors (Lipinski definition) is 2. The Morgan fingerprint density at radius 2 is 2.00 bits per heavy atom. The lowest BCUT2D eigenvalue weighted by Gasteiger charge is -2.11. The molecule has 126 valence electrons. The molecule has 0 saturated heterocycles. The molecule has 1 aromatic carbocycles. The molecule has 0 aliphatic rings. The summed E-state index contributed by atoms with van der Waals surface area (Å²) >= 11 is 0. The summed E-state index contributed by atoms with van der Waals surface area (Å²) in [5.41, 5.74) is 1.49. The summed E-state index contributed by atoms with van der Waals surface area (Å²) in [5.74, 6) is -0.195. The highest BCUT2D eigenvalue weighted by Crippen LogP contribution is 2.09. The second kappa shape index (κ2) is 9.49. The molecule has 0 unspecified atom stereocenters. The predicted octanol–water partition coefficient (Wildman–Crippen LogP) is 2.83. The average molecular weight is 434 g/mol. The first-order valence-electron chi connectivity index (χ1n) is 7.08. The van der Waals surface area contributed by atoms with Gasteiger partial charge in [-0.1, -0.05) is 0 Å². The van der Waals surface area contributed by atoms with E-state index in [1.54, 1.807) is 7.05 Å². The summed E-state index contributed by atoms with van der Waals surface area (Å²) in [4.78, 5) is 4.10. The number of halogens is 3. The van der Waals surface area contributed by atoms with Gasteiger partial charge in [0.1, 0.15) is 11.6 Å². The highest BCUT2D eigenvalue weighted by molar-refractivity contribution is 14.0. The van der Waals surface area contributed by atoms with Crippen LogP contribution in [0.5, 0.6) is 0 Å². The second-order valence-corrected chi connectivity index (χ2v) is 5.02. The maximum Gasteiger partial charge on any atom is 0.191 e. The molecule has 0 bridgehead atoms. The maximum absolute atomic E-state index is 13.5. The minimum Gasteiger partial charge on any atom is -0.357 e. The van der Waals surface area contributed by atoms with Crippen molar-refractivity contribution in [2.24, 2.45) is 12.0 Å². The third-order valence-corrected chi connectivity index (χ3v) is 3.27. The van der Waals surface area contributed by atoms with Crippen molar-refractivity contribution in [3.63, 3.8) is 0 Å². The Labute approximate surface area is 152 Å². The zero-order valence-electron chi connectivity index (χ0n) is 13.1. The number of aliphatic imine (C=N–C) groups is 1. The lowest BCUT2D eigenvalue weighted by molar-refractivity contribution is 0.583. The highest BCUT2D eigenvalue weighted by Gasteiger charge is 2.04. The number of aromatic nitrogens is 1. The van der Waals surface area contributed by atoms with Gasteiger partial charge in [0.15, 0.2) is 5.96 Å². The molecule has 0 saturated carbocycles. The van der Waals surface area contributed by atoms with E-state index in [-0.39, 0.29) is 24.0 Å². The van der Waals surface area contributed by atoms with E-state index in [9.17, 15) is 8.78 Å². The zero-order valence-corrected chi connectivity index (χ0v) is 15.5. The van der Waals surface area contributed by atoms with Gasteiger partial charge in [-0.15, -0.1) is 24.0 Å². The van der Waals surface area contributed by atoms with Gasteiger partial charge in [-0.2, -0.15) is 0 Å². The average Bonchev–Trinajstić information content (AvgIpc) is 2.91. The Morgan fingerprint density at radius 3 is 2.65 bits per heavy atom. The molecule has 0 aliphatic heterocycles. The van der Waals surface area contributed by atoms with E-state index in [1.165, 1.54) is 6.07 Å². The molecule has 2 rings (SSSR count). The summed E-state index contributed by atoms with van der Waals surface area (Å²) < 4.78 is 28.6. The van der Waals surface area contributed by atoms with Crippen LogP contribution in [0, 0.1) is 11.6 Å². The van der Waals surface area contributed by atoms with E-state index < -0.39 is 11.6 Å². The first kappa shape index (κ1) is 19.4. The topological polar surface area (TPSA) is 41.4 Å². The molecule has 0 amide bonds. The van der Waals surface area contributed by atoms with Gasteiger partial charge in [0, 0.05) is 39.6 Å². The van der Waals surface area contributed by atoms with Gasteiger partial charge >= 0.3 is 0 Å². The van der Waals surface area contributed by atoms with Crippen molar-refractivity contribution < 1.29 is 8.78 Å². The third kappa shape index (κ3) is 6.17. The van der Waals surface area contributed by atoms with Crippen molar-refractivity contribution >= 4 is 29.9 Å². The summed E-state index contributed by atoms with van der Waals surface area (Å²) in [6, 6.07) is 5.50. The maximum atomic E-state index is 13.5. The number of nitrogens with zero attached hydrogens (tertiary/aromatic N) is 2. The number of hydrogen-bond acceptors (Lipinski definition) is 1. The lowest BCUT2D eigenvalue weighted by atomic mass is 10.1. The van der Waals surface area contributed by atoms with E-state index in [0.717, 1.165) is 17.7 Å². The molecule has 23 heavy (non-hydrogen) atoms. The van der Waals surface area contributed by atoms with Gasteiger partial charge < -0.3 is 15.2 Å². The van der Waals surface area contributed by atoms with Crippen LogP contribution >= 0.6 is 24.0 Å². The zero-order chi connectivity index (χ0) is 15.9. The van der Waals surface area contributed by atoms with Gasteiger partial charge in [0.25, 0.3) is 0 Å². The molecule has 0 aliphatic carbocycles. The number of guanidine groups is 1. The Bertz CT molecular complexity index is 655. The third-order valence-electron chi connectivity index (χ3n) is 3.27. The predicted molar refractivity (Wildman–Crippen MR) is 99.1 cm³/mol. The van der Waals surface area contributed by atoms with Crippen LogP contribution in [-0.2, 0) is 20.0 Å². The number of benzene rings is 1. The summed E-state index contributed by atoms with van der Waals surface area (Å²) in [6.45, 7) is 1.11. The van der Waals surface area contributed by atoms with Crippen LogP contribution in [0.3, 0.4) is 0 Å². The summed E-state index contributed by atoms with van der Waals surface area (Å²) in [7, 11) is 3.63. The number of rotatable bonds is 5. The number of nitrogens with one attached hydrogen (secondary N) is 2. The van der Waals surface area contributed by atoms with Crippen LogP contribution in [0.4, 0.5) is 8.78 Å². The minimum absolute atomic E-state index is 0. The molecule has 0 radical (unpaired) electrons. The van der Waals surface area contributed by atoms with Gasteiger partial charge in [0.2, 0.25) is 0 Å². The fourth-order valence-corrected chi connectivity index (χ4v) is 2.12. The van der Waals surface area contributed by atoms with Crippen molar-refractivity contribution in [3.05, 3.63) is 59.4 Å². The van der Waals surface area contributed by atoms with Crippen LogP contribution in [0.25, 0.3) is 0 Å². The van der Waals surface area contributed by atoms with Gasteiger partial charge in [0.05, 0.1) is 0 Å². The first-order chi connectivity index (χ1) is 10.6. The SMILES string of the molecule is CN=C(NCCc1cc(F)ccc1F)NCc1ccn(C)c1.I. The van der Waals surface area contributed by atoms with Crippen molar-refractivity contribution in [2.45, 2.75) is 13.0 Å². The van der Waals surface area contributed by atoms with E-state index in [0.29, 0.717) is 31.0 Å². The lowest BCUT2D eigenvalue weighted by Crippen LogP contribution is -2.37. The van der Waals surface area contributed by atoms with Crippen LogP contribution in [0.2, 0.25) is 0 Å². The van der Waals surface area contributed by atoms with E-state index in [4.69, 9.17) is 0 Å². The monoisotopic (exact) mass is 434 g/mol. The van der Waals surface area contributed by atoms with E-state index in [1.807, 2.05) is 30.1 Å². The summed E-state index contributed by atoms with van der Waals surface area (Å²) in [6.07, 6.45) is 4.37. The van der Waals surface area contributed by atoms with Crippen LogP contribution in [0.1, 0.15) is 11.1 Å². The molecule has 2 aromatic rings. The molecular weight excluding hydrogens is 413 g/mol. The van der Waals surface area contributed by atoms with Gasteiger partial charge in [-0.05, 0) is 41.8 Å². The van der Waals surface area contributed by atoms with Crippen LogP contribution in [-0.4, -0.2) is 24.1 Å². The molecule has 1 aromatic heterocycles. The smallest absolute Gasteiger partial charge is 0.191 e.